The smallest absolute Gasteiger partial charge is 0.0183 e. The highest BCUT2D eigenvalue weighted by Gasteiger charge is 2.24. The van der Waals surface area contributed by atoms with Crippen molar-refractivity contribution in [3.8, 4) is 0 Å². The van der Waals surface area contributed by atoms with Crippen LogP contribution in [0.25, 0.3) is 0 Å². The van der Waals surface area contributed by atoms with Gasteiger partial charge in [-0.15, -0.1) is 0 Å². The molecule has 1 aliphatic rings. The predicted octanol–water partition coefficient (Wildman–Crippen LogP) is 2.76. The summed E-state index contributed by atoms with van der Waals surface area (Å²) < 4.78 is 0. The molecule has 1 nitrogen and oxygen atoms in total. The van der Waals surface area contributed by atoms with Gasteiger partial charge in [-0.1, -0.05) is 19.8 Å². The first-order valence-electron chi connectivity index (χ1n) is 5.44. The van der Waals surface area contributed by atoms with E-state index in [2.05, 4.69) is 25.5 Å². The minimum Gasteiger partial charge on any atom is -0.316 e. The van der Waals surface area contributed by atoms with Gasteiger partial charge in [0.2, 0.25) is 0 Å². The van der Waals surface area contributed by atoms with Crippen molar-refractivity contribution in [2.45, 2.75) is 38.6 Å². The van der Waals surface area contributed by atoms with Crippen molar-refractivity contribution in [3.63, 3.8) is 0 Å². The lowest BCUT2D eigenvalue weighted by Crippen LogP contribution is -2.38. The zero-order valence-corrected chi connectivity index (χ0v) is 9.99. The van der Waals surface area contributed by atoms with E-state index in [0.29, 0.717) is 0 Å². The number of nitrogens with one attached hydrogen (secondary N) is 1. The molecule has 3 unspecified atom stereocenters. The number of hydrogen-bond donors (Lipinski definition) is 1. The van der Waals surface area contributed by atoms with Crippen LogP contribution in [-0.4, -0.2) is 25.1 Å². The summed E-state index contributed by atoms with van der Waals surface area (Å²) in [5.41, 5.74) is 0. The lowest BCUT2D eigenvalue weighted by atomic mass is 9.79. The SMILES string of the molecule is CNC(CSC)C1CCCC(C)C1. The van der Waals surface area contributed by atoms with Gasteiger partial charge >= 0.3 is 0 Å². The highest BCUT2D eigenvalue weighted by molar-refractivity contribution is 7.98. The van der Waals surface area contributed by atoms with Gasteiger partial charge in [-0.2, -0.15) is 11.8 Å². The number of thioether (sulfide) groups is 1. The van der Waals surface area contributed by atoms with E-state index < -0.39 is 0 Å². The van der Waals surface area contributed by atoms with Gasteiger partial charge in [-0.25, -0.2) is 0 Å². The molecule has 1 fully saturated rings. The molecule has 0 amide bonds. The summed E-state index contributed by atoms with van der Waals surface area (Å²) in [6.07, 6.45) is 7.98. The molecule has 0 heterocycles. The largest absolute Gasteiger partial charge is 0.316 e. The van der Waals surface area contributed by atoms with Gasteiger partial charge in [0.05, 0.1) is 0 Å². The lowest BCUT2D eigenvalue weighted by molar-refractivity contribution is 0.240. The molecule has 1 aliphatic carbocycles. The van der Waals surface area contributed by atoms with Crippen LogP contribution >= 0.6 is 11.8 Å². The molecule has 0 radical (unpaired) electrons. The Morgan fingerprint density at radius 1 is 1.46 bits per heavy atom. The average Bonchev–Trinajstić information content (AvgIpc) is 2.14. The van der Waals surface area contributed by atoms with Crippen LogP contribution < -0.4 is 5.32 Å². The molecule has 13 heavy (non-hydrogen) atoms. The molecule has 0 spiro atoms. The first-order valence-corrected chi connectivity index (χ1v) is 6.83. The fraction of sp³-hybridized carbons (Fsp3) is 1.00. The standard InChI is InChI=1S/C11H23NS/c1-9-5-4-6-10(7-9)11(12-2)8-13-3/h9-12H,4-8H2,1-3H3. The predicted molar refractivity (Wildman–Crippen MR) is 62.4 cm³/mol. The zero-order chi connectivity index (χ0) is 9.68. The Hall–Kier alpha value is 0.310. The molecule has 0 saturated heterocycles. The molecular weight excluding hydrogens is 178 g/mol. The van der Waals surface area contributed by atoms with Crippen LogP contribution in [0.5, 0.6) is 0 Å². The quantitative estimate of drug-likeness (QED) is 0.750. The molecule has 0 aliphatic heterocycles. The fourth-order valence-electron chi connectivity index (χ4n) is 2.48. The third-order valence-corrected chi connectivity index (χ3v) is 3.96. The number of rotatable bonds is 4. The fourth-order valence-corrected chi connectivity index (χ4v) is 3.28. The molecule has 1 N–H and O–H groups in total. The van der Waals surface area contributed by atoms with Gasteiger partial charge in [-0.3, -0.25) is 0 Å². The molecule has 1 rings (SSSR count). The van der Waals surface area contributed by atoms with E-state index in [0.717, 1.165) is 17.9 Å². The number of hydrogen-bond acceptors (Lipinski definition) is 2. The Bertz CT molecular complexity index is 138. The van der Waals surface area contributed by atoms with Crippen molar-refractivity contribution >= 4 is 11.8 Å². The minimum atomic E-state index is 0.748. The van der Waals surface area contributed by atoms with Gasteiger partial charge in [0, 0.05) is 11.8 Å². The van der Waals surface area contributed by atoms with Crippen molar-refractivity contribution in [1.29, 1.82) is 0 Å². The highest BCUT2D eigenvalue weighted by Crippen LogP contribution is 2.31. The maximum absolute atomic E-state index is 3.47. The summed E-state index contributed by atoms with van der Waals surface area (Å²) >= 11 is 1.97. The summed E-state index contributed by atoms with van der Waals surface area (Å²) in [7, 11) is 2.11. The topological polar surface area (TPSA) is 12.0 Å². The second kappa shape index (κ2) is 5.92. The maximum atomic E-state index is 3.47. The Kier molecular flexibility index (Phi) is 5.18. The highest BCUT2D eigenvalue weighted by atomic mass is 32.2. The lowest BCUT2D eigenvalue weighted by Gasteiger charge is -2.32. The van der Waals surface area contributed by atoms with Crippen LogP contribution in [0.4, 0.5) is 0 Å². The summed E-state index contributed by atoms with van der Waals surface area (Å²) in [6.45, 7) is 2.40. The Balaban J connectivity index is 2.37. The molecule has 0 aromatic carbocycles. The maximum Gasteiger partial charge on any atom is 0.0183 e. The monoisotopic (exact) mass is 201 g/mol. The average molecular weight is 201 g/mol. The first-order chi connectivity index (χ1) is 6.27. The second-order valence-electron chi connectivity index (χ2n) is 4.38. The molecule has 2 heteroatoms. The van der Waals surface area contributed by atoms with Crippen LogP contribution in [0, 0.1) is 11.8 Å². The Morgan fingerprint density at radius 3 is 2.77 bits per heavy atom. The first kappa shape index (κ1) is 11.4. The molecule has 1 saturated carbocycles. The normalized spacial score (nSPS) is 31.6. The van der Waals surface area contributed by atoms with E-state index in [-0.39, 0.29) is 0 Å². The van der Waals surface area contributed by atoms with Crippen molar-refractivity contribution < 1.29 is 0 Å². The van der Waals surface area contributed by atoms with Crippen LogP contribution in [0.3, 0.4) is 0 Å². The summed E-state index contributed by atoms with van der Waals surface area (Å²) in [4.78, 5) is 0. The summed E-state index contributed by atoms with van der Waals surface area (Å²) in [5, 5.41) is 3.47. The van der Waals surface area contributed by atoms with Crippen molar-refractivity contribution in [3.05, 3.63) is 0 Å². The van der Waals surface area contributed by atoms with E-state index in [1.54, 1.807) is 0 Å². The van der Waals surface area contributed by atoms with Crippen LogP contribution in [0.15, 0.2) is 0 Å². The molecule has 3 atom stereocenters. The van der Waals surface area contributed by atoms with E-state index in [1.165, 1.54) is 31.4 Å². The second-order valence-corrected chi connectivity index (χ2v) is 5.29. The molecule has 0 bridgehead atoms. The summed E-state index contributed by atoms with van der Waals surface area (Å²) in [6, 6.07) is 0.748. The minimum absolute atomic E-state index is 0.748. The van der Waals surface area contributed by atoms with E-state index in [1.807, 2.05) is 11.8 Å². The van der Waals surface area contributed by atoms with Crippen LogP contribution in [-0.2, 0) is 0 Å². The summed E-state index contributed by atoms with van der Waals surface area (Å²) in [5.74, 6) is 3.16. The van der Waals surface area contributed by atoms with E-state index in [9.17, 15) is 0 Å². The molecule has 78 valence electrons. The van der Waals surface area contributed by atoms with Gasteiger partial charge in [0.1, 0.15) is 0 Å². The molecule has 0 aromatic rings. The molecular formula is C11H23NS. The van der Waals surface area contributed by atoms with Crippen LogP contribution in [0.1, 0.15) is 32.6 Å². The Morgan fingerprint density at radius 2 is 2.23 bits per heavy atom. The van der Waals surface area contributed by atoms with Crippen molar-refractivity contribution in [2.24, 2.45) is 11.8 Å². The van der Waals surface area contributed by atoms with Gasteiger partial charge in [0.25, 0.3) is 0 Å². The van der Waals surface area contributed by atoms with E-state index >= 15 is 0 Å². The molecule has 0 aromatic heterocycles. The Labute approximate surface area is 87.1 Å². The van der Waals surface area contributed by atoms with E-state index in [4.69, 9.17) is 0 Å². The van der Waals surface area contributed by atoms with Gasteiger partial charge in [-0.05, 0) is 38.0 Å². The van der Waals surface area contributed by atoms with Crippen molar-refractivity contribution in [1.82, 2.24) is 5.32 Å². The van der Waals surface area contributed by atoms with Gasteiger partial charge < -0.3 is 5.32 Å². The van der Waals surface area contributed by atoms with Crippen LogP contribution in [0.2, 0.25) is 0 Å². The van der Waals surface area contributed by atoms with Crippen molar-refractivity contribution in [2.75, 3.05) is 19.1 Å². The zero-order valence-electron chi connectivity index (χ0n) is 9.18. The third-order valence-electron chi connectivity index (χ3n) is 3.26. The van der Waals surface area contributed by atoms with Gasteiger partial charge in [0.15, 0.2) is 0 Å². The third kappa shape index (κ3) is 3.51.